The Morgan fingerprint density at radius 3 is 2.08 bits per heavy atom. The maximum absolute atomic E-state index is 8.96. The van der Waals surface area contributed by atoms with E-state index in [-0.39, 0.29) is 0 Å². The average Bonchev–Trinajstić information content (AvgIpc) is 3.27. The molecule has 5 aromatic carbocycles. The summed E-state index contributed by atoms with van der Waals surface area (Å²) >= 11 is 0. The van der Waals surface area contributed by atoms with Gasteiger partial charge in [-0.05, 0) is 58.8 Å². The fourth-order valence-electron chi connectivity index (χ4n) is 5.20. The van der Waals surface area contributed by atoms with Gasteiger partial charge < -0.3 is 4.57 Å². The second kappa shape index (κ2) is 8.07. The molecule has 0 aliphatic heterocycles. The van der Waals surface area contributed by atoms with Crippen molar-refractivity contribution in [3.05, 3.63) is 126 Å². The number of para-hydroxylation sites is 3. The van der Waals surface area contributed by atoms with Gasteiger partial charge in [0.1, 0.15) is 5.71 Å². The van der Waals surface area contributed by atoms with Crippen LogP contribution in [0.2, 0.25) is 0 Å². The number of nitrogens with one attached hydrogen (secondary N) is 2. The van der Waals surface area contributed by atoms with Crippen LogP contribution in [0.5, 0.6) is 0 Å². The molecule has 1 aliphatic rings. The van der Waals surface area contributed by atoms with Crippen LogP contribution in [0, 0.1) is 5.41 Å². The van der Waals surface area contributed by atoms with Crippen molar-refractivity contribution in [1.29, 1.82) is 5.41 Å². The third kappa shape index (κ3) is 3.16. The lowest BCUT2D eigenvalue weighted by atomic mass is 9.89. The Bertz CT molecular complexity index is 1820. The number of fused-ring (bicyclic) bond motifs is 6. The lowest BCUT2D eigenvalue weighted by Gasteiger charge is -2.17. The van der Waals surface area contributed by atoms with Gasteiger partial charge in [-0.15, -0.1) is 0 Å². The van der Waals surface area contributed by atoms with E-state index < -0.39 is 0 Å². The number of anilines is 1. The highest BCUT2D eigenvalue weighted by Crippen LogP contribution is 2.34. The predicted molar refractivity (Wildman–Crippen MR) is 152 cm³/mol. The fraction of sp³-hybridized carbons (Fsp3) is 0. The standard InChI is InChI=1S/C32H22N4/c33-32-28(35-34-23-8-2-1-3-9-23)19-16-21-14-15-22-20-24(17-18-25(22)31(21)32)36-29-12-6-4-10-26(29)27-11-5-7-13-30(27)36/h1-20,33-34H/b33-32?,35-28-. The van der Waals surface area contributed by atoms with Crippen LogP contribution >= 0.6 is 0 Å². The molecule has 36 heavy (non-hydrogen) atoms. The first-order chi connectivity index (χ1) is 17.8. The van der Waals surface area contributed by atoms with Gasteiger partial charge in [-0.25, -0.2) is 0 Å². The normalized spacial score (nSPS) is 14.1. The molecule has 7 rings (SSSR count). The molecule has 0 spiro atoms. The van der Waals surface area contributed by atoms with Crippen molar-refractivity contribution in [3.63, 3.8) is 0 Å². The van der Waals surface area contributed by atoms with E-state index in [0.717, 1.165) is 33.3 Å². The van der Waals surface area contributed by atoms with Crippen LogP contribution in [0.4, 0.5) is 5.69 Å². The van der Waals surface area contributed by atoms with Crippen LogP contribution in [0.15, 0.2) is 120 Å². The zero-order valence-corrected chi connectivity index (χ0v) is 19.4. The van der Waals surface area contributed by atoms with Crippen LogP contribution in [0.1, 0.15) is 11.1 Å². The number of allylic oxidation sites excluding steroid dienone is 1. The molecule has 4 heteroatoms. The Labute approximate surface area is 208 Å². The zero-order chi connectivity index (χ0) is 24.1. The minimum Gasteiger partial charge on any atom is -0.309 e. The number of hydrazone groups is 1. The van der Waals surface area contributed by atoms with Crippen molar-refractivity contribution in [2.75, 3.05) is 5.43 Å². The third-order valence-electron chi connectivity index (χ3n) is 6.88. The summed E-state index contributed by atoms with van der Waals surface area (Å²) in [5.74, 6) is 0. The number of hydrogen-bond donors (Lipinski definition) is 2. The molecule has 0 atom stereocenters. The van der Waals surface area contributed by atoms with Crippen molar-refractivity contribution >= 4 is 55.8 Å². The molecule has 170 valence electrons. The van der Waals surface area contributed by atoms with Crippen LogP contribution in [-0.4, -0.2) is 16.0 Å². The van der Waals surface area contributed by atoms with Gasteiger partial charge in [-0.1, -0.05) is 78.9 Å². The van der Waals surface area contributed by atoms with Crippen molar-refractivity contribution in [2.45, 2.75) is 0 Å². The molecule has 0 radical (unpaired) electrons. The van der Waals surface area contributed by atoms with Crippen LogP contribution in [-0.2, 0) is 0 Å². The average molecular weight is 463 g/mol. The van der Waals surface area contributed by atoms with Crippen molar-refractivity contribution < 1.29 is 0 Å². The summed E-state index contributed by atoms with van der Waals surface area (Å²) in [7, 11) is 0. The number of aromatic nitrogens is 1. The second-order valence-electron chi connectivity index (χ2n) is 8.99. The van der Waals surface area contributed by atoms with E-state index >= 15 is 0 Å². The lowest BCUT2D eigenvalue weighted by molar-refractivity contribution is 1.19. The molecule has 0 fully saturated rings. The third-order valence-corrected chi connectivity index (χ3v) is 6.88. The molecule has 6 aromatic rings. The van der Waals surface area contributed by atoms with Gasteiger partial charge in [0, 0.05) is 22.0 Å². The van der Waals surface area contributed by atoms with Crippen LogP contribution < -0.4 is 5.43 Å². The van der Waals surface area contributed by atoms with E-state index in [1.165, 1.54) is 21.8 Å². The Morgan fingerprint density at radius 1 is 0.639 bits per heavy atom. The van der Waals surface area contributed by atoms with Gasteiger partial charge in [0.2, 0.25) is 0 Å². The summed E-state index contributed by atoms with van der Waals surface area (Å²) in [6.07, 6.45) is 3.94. The molecule has 0 bridgehead atoms. The Morgan fingerprint density at radius 2 is 1.33 bits per heavy atom. The summed E-state index contributed by atoms with van der Waals surface area (Å²) in [4.78, 5) is 0. The zero-order valence-electron chi connectivity index (χ0n) is 19.4. The SMILES string of the molecule is N=C1/C(=N\Nc2ccccc2)C=Cc2ccc3cc(-n4c5ccccc5c5ccccc54)ccc3c21. The highest BCUT2D eigenvalue weighted by molar-refractivity contribution is 6.55. The summed E-state index contributed by atoms with van der Waals surface area (Å²) in [5, 5.41) is 18.1. The number of nitrogens with zero attached hydrogens (tertiary/aromatic N) is 2. The molecular formula is C32H22N4. The Balaban J connectivity index is 1.35. The lowest BCUT2D eigenvalue weighted by Crippen LogP contribution is -2.18. The van der Waals surface area contributed by atoms with Gasteiger partial charge in [0.15, 0.2) is 0 Å². The van der Waals surface area contributed by atoms with Gasteiger partial charge in [-0.3, -0.25) is 10.8 Å². The summed E-state index contributed by atoms with van der Waals surface area (Å²) in [5.41, 5.74) is 10.4. The quantitative estimate of drug-likeness (QED) is 0.259. The molecule has 0 saturated heterocycles. The molecule has 1 aromatic heterocycles. The maximum atomic E-state index is 8.96. The molecule has 0 amide bonds. The van der Waals surface area contributed by atoms with Crippen molar-refractivity contribution in [3.8, 4) is 5.69 Å². The minimum atomic E-state index is 0.422. The Hall–Kier alpha value is -4.96. The van der Waals surface area contributed by atoms with Gasteiger partial charge in [0.25, 0.3) is 0 Å². The molecule has 2 N–H and O–H groups in total. The molecule has 1 aliphatic carbocycles. The van der Waals surface area contributed by atoms with E-state index in [0.29, 0.717) is 11.4 Å². The Kier molecular flexibility index (Phi) is 4.57. The highest BCUT2D eigenvalue weighted by Gasteiger charge is 2.20. The van der Waals surface area contributed by atoms with Crippen LogP contribution in [0.25, 0.3) is 44.3 Å². The summed E-state index contributed by atoms with van der Waals surface area (Å²) < 4.78 is 2.32. The first kappa shape index (κ1) is 20.4. The first-order valence-electron chi connectivity index (χ1n) is 12.0. The van der Waals surface area contributed by atoms with Crippen LogP contribution in [0.3, 0.4) is 0 Å². The number of hydrogen-bond acceptors (Lipinski definition) is 3. The van der Waals surface area contributed by atoms with E-state index in [9.17, 15) is 0 Å². The fourth-order valence-corrected chi connectivity index (χ4v) is 5.20. The maximum Gasteiger partial charge on any atom is 0.109 e. The monoisotopic (exact) mass is 462 g/mol. The minimum absolute atomic E-state index is 0.422. The topological polar surface area (TPSA) is 53.2 Å². The predicted octanol–water partition coefficient (Wildman–Crippen LogP) is 7.80. The number of rotatable bonds is 3. The van der Waals surface area contributed by atoms with Crippen molar-refractivity contribution in [1.82, 2.24) is 4.57 Å². The van der Waals surface area contributed by atoms with Gasteiger partial charge in [-0.2, -0.15) is 5.10 Å². The second-order valence-corrected chi connectivity index (χ2v) is 8.99. The molecule has 0 saturated carbocycles. The number of benzene rings is 5. The van der Waals surface area contributed by atoms with Gasteiger partial charge >= 0.3 is 0 Å². The molecule has 4 nitrogen and oxygen atoms in total. The summed E-state index contributed by atoms with van der Waals surface area (Å²) in [6.45, 7) is 0. The molecule has 0 unspecified atom stereocenters. The van der Waals surface area contributed by atoms with E-state index in [1.807, 2.05) is 42.5 Å². The first-order valence-corrected chi connectivity index (χ1v) is 12.0. The largest absolute Gasteiger partial charge is 0.309 e. The van der Waals surface area contributed by atoms with E-state index in [1.54, 1.807) is 0 Å². The van der Waals surface area contributed by atoms with E-state index in [4.69, 9.17) is 5.41 Å². The van der Waals surface area contributed by atoms with E-state index in [2.05, 4.69) is 94.0 Å². The smallest absolute Gasteiger partial charge is 0.109 e. The van der Waals surface area contributed by atoms with Gasteiger partial charge in [0.05, 0.1) is 22.4 Å². The molecule has 1 heterocycles. The van der Waals surface area contributed by atoms with Crippen molar-refractivity contribution in [2.24, 2.45) is 5.10 Å². The highest BCUT2D eigenvalue weighted by atomic mass is 15.3. The summed E-state index contributed by atoms with van der Waals surface area (Å²) in [6, 6.07) is 37.7. The molecular weight excluding hydrogens is 440 g/mol.